The number of fused-ring (bicyclic) bond motifs is 1. The average molecular weight is 266 g/mol. The lowest BCUT2D eigenvalue weighted by Gasteiger charge is -2.36. The molecule has 0 aliphatic carbocycles. The predicted molar refractivity (Wildman–Crippen MR) is 63.4 cm³/mol. The van der Waals surface area contributed by atoms with Gasteiger partial charge in [0.2, 0.25) is 11.8 Å². The lowest BCUT2D eigenvalue weighted by atomic mass is 10.1. The third-order valence-electron chi connectivity index (χ3n) is 3.63. The Morgan fingerprint density at radius 1 is 1.16 bits per heavy atom. The molecule has 0 radical (unpaired) electrons. The Kier molecular flexibility index (Phi) is 2.73. The van der Waals surface area contributed by atoms with E-state index in [1.807, 2.05) is 0 Å². The zero-order valence-electron chi connectivity index (χ0n) is 10.1. The molecule has 2 aliphatic heterocycles. The number of amides is 2. The number of anilines is 1. The molecule has 0 spiro atoms. The minimum atomic E-state index is -0.826. The first-order valence-corrected chi connectivity index (χ1v) is 6.14. The number of carbonyl (C=O) groups excluding carboxylic acids is 2. The second-order valence-electron chi connectivity index (χ2n) is 4.74. The molecule has 2 aliphatic rings. The summed E-state index contributed by atoms with van der Waals surface area (Å²) in [5.74, 6) is -2.31. The molecule has 0 aromatic heterocycles. The second kappa shape index (κ2) is 4.29. The minimum Gasteiger partial charge on any atom is -0.329 e. The normalized spacial score (nSPS) is 22.9. The van der Waals surface area contributed by atoms with Crippen molar-refractivity contribution in [3.05, 3.63) is 29.8 Å². The van der Waals surface area contributed by atoms with Gasteiger partial charge in [0.15, 0.2) is 0 Å². The van der Waals surface area contributed by atoms with Crippen LogP contribution in [0.15, 0.2) is 18.2 Å². The highest BCUT2D eigenvalue weighted by Crippen LogP contribution is 2.30. The molecule has 0 N–H and O–H groups in total. The number of nitrogens with zero attached hydrogens (tertiary/aromatic N) is 2. The number of benzene rings is 1. The number of piperazine rings is 1. The van der Waals surface area contributed by atoms with Gasteiger partial charge in [0.05, 0.1) is 0 Å². The smallest absolute Gasteiger partial charge is 0.250 e. The average Bonchev–Trinajstić information content (AvgIpc) is 2.85. The summed E-state index contributed by atoms with van der Waals surface area (Å²) in [6.45, 7) is 0.246. The zero-order chi connectivity index (χ0) is 13.6. The number of hydrogen-bond donors (Lipinski definition) is 0. The van der Waals surface area contributed by atoms with Crippen molar-refractivity contribution >= 4 is 17.5 Å². The summed E-state index contributed by atoms with van der Waals surface area (Å²) in [5.41, 5.74) is -0.424. The van der Waals surface area contributed by atoms with Crippen molar-refractivity contribution < 1.29 is 18.4 Å². The van der Waals surface area contributed by atoms with Crippen LogP contribution in [0.5, 0.6) is 0 Å². The first-order chi connectivity index (χ1) is 9.09. The molecule has 100 valence electrons. The fourth-order valence-electron chi connectivity index (χ4n) is 2.74. The number of rotatable bonds is 1. The van der Waals surface area contributed by atoms with Gasteiger partial charge >= 0.3 is 0 Å². The summed E-state index contributed by atoms with van der Waals surface area (Å²) in [4.78, 5) is 26.6. The van der Waals surface area contributed by atoms with E-state index in [2.05, 4.69) is 0 Å². The molecule has 1 aromatic rings. The monoisotopic (exact) mass is 266 g/mol. The highest BCUT2D eigenvalue weighted by Gasteiger charge is 2.43. The van der Waals surface area contributed by atoms with Gasteiger partial charge in [-0.25, -0.2) is 8.78 Å². The van der Waals surface area contributed by atoms with Gasteiger partial charge in [0, 0.05) is 6.54 Å². The van der Waals surface area contributed by atoms with Gasteiger partial charge in [-0.1, -0.05) is 6.07 Å². The van der Waals surface area contributed by atoms with Crippen molar-refractivity contribution in [3.8, 4) is 0 Å². The number of hydrogen-bond acceptors (Lipinski definition) is 2. The lowest BCUT2D eigenvalue weighted by Crippen LogP contribution is -2.58. The van der Waals surface area contributed by atoms with E-state index in [1.54, 1.807) is 0 Å². The summed E-state index contributed by atoms with van der Waals surface area (Å²) in [7, 11) is 0. The van der Waals surface area contributed by atoms with E-state index in [1.165, 1.54) is 11.0 Å². The molecule has 6 heteroatoms. The molecule has 1 unspecified atom stereocenters. The van der Waals surface area contributed by atoms with Crippen molar-refractivity contribution in [2.45, 2.75) is 18.9 Å². The van der Waals surface area contributed by atoms with Crippen molar-refractivity contribution in [2.75, 3.05) is 18.0 Å². The van der Waals surface area contributed by atoms with E-state index in [9.17, 15) is 18.4 Å². The highest BCUT2D eigenvalue weighted by molar-refractivity contribution is 6.07. The van der Waals surface area contributed by atoms with E-state index in [4.69, 9.17) is 0 Å². The molecular weight excluding hydrogens is 254 g/mol. The maximum absolute atomic E-state index is 13.7. The quantitative estimate of drug-likeness (QED) is 0.768. The number of carbonyl (C=O) groups is 2. The molecule has 2 fully saturated rings. The SMILES string of the molecule is O=C1C2CCCN2C(=O)CN1c1c(F)cccc1F. The van der Waals surface area contributed by atoms with Crippen LogP contribution in [0, 0.1) is 11.6 Å². The van der Waals surface area contributed by atoms with Gasteiger partial charge in [0.25, 0.3) is 0 Å². The Morgan fingerprint density at radius 3 is 2.53 bits per heavy atom. The Hall–Kier alpha value is -1.98. The van der Waals surface area contributed by atoms with Gasteiger partial charge in [0.1, 0.15) is 29.9 Å². The molecular formula is C13H12F2N2O2. The zero-order valence-corrected chi connectivity index (χ0v) is 10.1. The van der Waals surface area contributed by atoms with Crippen LogP contribution in [-0.4, -0.2) is 35.8 Å². The third-order valence-corrected chi connectivity index (χ3v) is 3.63. The molecule has 1 atom stereocenters. The Labute approximate surface area is 108 Å². The molecule has 2 heterocycles. The molecule has 0 saturated carbocycles. The molecule has 3 rings (SSSR count). The van der Waals surface area contributed by atoms with Crippen LogP contribution in [0.1, 0.15) is 12.8 Å². The molecule has 1 aromatic carbocycles. The maximum Gasteiger partial charge on any atom is 0.250 e. The van der Waals surface area contributed by atoms with E-state index in [0.29, 0.717) is 13.0 Å². The van der Waals surface area contributed by atoms with Crippen molar-refractivity contribution in [2.24, 2.45) is 0 Å². The van der Waals surface area contributed by atoms with Gasteiger partial charge in [-0.05, 0) is 25.0 Å². The van der Waals surface area contributed by atoms with Crippen molar-refractivity contribution in [1.29, 1.82) is 0 Å². The van der Waals surface area contributed by atoms with Gasteiger partial charge in [-0.2, -0.15) is 0 Å². The van der Waals surface area contributed by atoms with E-state index < -0.39 is 29.3 Å². The Bertz CT molecular complexity index is 541. The lowest BCUT2D eigenvalue weighted by molar-refractivity contribution is -0.140. The number of para-hydroxylation sites is 1. The molecule has 2 amide bonds. The Balaban J connectivity index is 2.01. The van der Waals surface area contributed by atoms with Crippen LogP contribution >= 0.6 is 0 Å². The summed E-state index contributed by atoms with van der Waals surface area (Å²) < 4.78 is 27.4. The molecule has 2 saturated heterocycles. The molecule has 19 heavy (non-hydrogen) atoms. The standard InChI is InChI=1S/C13H12F2N2O2/c14-8-3-1-4-9(15)12(8)17-7-11(18)16-6-2-5-10(16)13(17)19/h1,3-4,10H,2,5-7H2. The van der Waals surface area contributed by atoms with Crippen LogP contribution < -0.4 is 4.90 Å². The first kappa shape index (κ1) is 12.1. The van der Waals surface area contributed by atoms with Crippen LogP contribution in [0.2, 0.25) is 0 Å². The molecule has 0 bridgehead atoms. The van der Waals surface area contributed by atoms with Crippen LogP contribution in [0.25, 0.3) is 0 Å². The summed E-state index contributed by atoms with van der Waals surface area (Å²) in [6, 6.07) is 2.82. The van der Waals surface area contributed by atoms with E-state index in [0.717, 1.165) is 23.5 Å². The van der Waals surface area contributed by atoms with Crippen LogP contribution in [0.3, 0.4) is 0 Å². The third kappa shape index (κ3) is 1.78. The van der Waals surface area contributed by atoms with E-state index in [-0.39, 0.29) is 12.5 Å². The highest BCUT2D eigenvalue weighted by atomic mass is 19.1. The maximum atomic E-state index is 13.7. The van der Waals surface area contributed by atoms with Gasteiger partial charge < -0.3 is 4.90 Å². The number of halogens is 2. The van der Waals surface area contributed by atoms with Gasteiger partial charge in [-0.15, -0.1) is 0 Å². The van der Waals surface area contributed by atoms with Gasteiger partial charge in [-0.3, -0.25) is 14.5 Å². The fourth-order valence-corrected chi connectivity index (χ4v) is 2.74. The van der Waals surface area contributed by atoms with Crippen molar-refractivity contribution in [1.82, 2.24) is 4.90 Å². The first-order valence-electron chi connectivity index (χ1n) is 6.14. The summed E-state index contributed by atoms with van der Waals surface area (Å²) in [5, 5.41) is 0. The van der Waals surface area contributed by atoms with Crippen molar-refractivity contribution in [3.63, 3.8) is 0 Å². The minimum absolute atomic E-state index is 0.259. The Morgan fingerprint density at radius 2 is 1.84 bits per heavy atom. The van der Waals surface area contributed by atoms with Crippen LogP contribution in [0.4, 0.5) is 14.5 Å². The van der Waals surface area contributed by atoms with E-state index >= 15 is 0 Å². The summed E-state index contributed by atoms with van der Waals surface area (Å²) >= 11 is 0. The molecule has 4 nitrogen and oxygen atoms in total. The topological polar surface area (TPSA) is 40.6 Å². The predicted octanol–water partition coefficient (Wildman–Crippen LogP) is 1.30. The summed E-state index contributed by atoms with van der Waals surface area (Å²) in [6.07, 6.45) is 1.30. The second-order valence-corrected chi connectivity index (χ2v) is 4.74. The largest absolute Gasteiger partial charge is 0.329 e. The fraction of sp³-hybridized carbons (Fsp3) is 0.385. The van der Waals surface area contributed by atoms with Crippen LogP contribution in [-0.2, 0) is 9.59 Å².